The molecule has 4 nitrogen and oxygen atoms in total. The summed E-state index contributed by atoms with van der Waals surface area (Å²) in [5, 5.41) is 9.77. The third-order valence-corrected chi connectivity index (χ3v) is 20.9. The Morgan fingerprint density at radius 2 is 0.606 bits per heavy atom. The summed E-state index contributed by atoms with van der Waals surface area (Å²) in [7, 11) is 0. The Kier molecular flexibility index (Phi) is 13.6. The third kappa shape index (κ3) is 9.66. The number of anilines is 6. The minimum atomic E-state index is -0.240. The molecule has 2 aromatic heterocycles. The number of benzene rings is 16. The number of hydrogen-bond acceptors (Lipinski definition) is 2. The van der Waals surface area contributed by atoms with E-state index in [-0.39, 0.29) is 5.41 Å². The van der Waals surface area contributed by atoms with Gasteiger partial charge in [-0.15, -0.1) is 0 Å². The first-order valence-electron chi connectivity index (χ1n) is 34.3. The molecule has 16 aromatic carbocycles. The normalized spacial score (nSPS) is 12.4. The predicted octanol–water partition coefficient (Wildman–Crippen LogP) is 26.1. The number of fused-ring (bicyclic) bond motifs is 11. The Morgan fingerprint density at radius 3 is 1.25 bits per heavy atom. The lowest BCUT2D eigenvalue weighted by atomic mass is 9.81. The molecule has 0 bridgehead atoms. The maximum absolute atomic E-state index is 2.46. The van der Waals surface area contributed by atoms with Crippen molar-refractivity contribution in [1.82, 2.24) is 9.13 Å². The summed E-state index contributed by atoms with van der Waals surface area (Å²) >= 11 is 0. The van der Waals surface area contributed by atoms with E-state index in [0.29, 0.717) is 0 Å². The highest BCUT2D eigenvalue weighted by Crippen LogP contribution is 2.53. The molecular formula is C95H66N4. The zero-order valence-electron chi connectivity index (χ0n) is 54.9. The van der Waals surface area contributed by atoms with Gasteiger partial charge in [0.05, 0.1) is 33.4 Å². The van der Waals surface area contributed by atoms with Gasteiger partial charge in [-0.25, -0.2) is 0 Å². The topological polar surface area (TPSA) is 16.3 Å². The predicted molar refractivity (Wildman–Crippen MR) is 419 cm³/mol. The highest BCUT2D eigenvalue weighted by atomic mass is 15.1. The van der Waals surface area contributed by atoms with Crippen LogP contribution in [-0.4, -0.2) is 9.13 Å². The molecule has 0 spiro atoms. The van der Waals surface area contributed by atoms with Crippen LogP contribution in [0.3, 0.4) is 0 Å². The molecule has 0 N–H and O–H groups in total. The molecule has 0 aliphatic heterocycles. The summed E-state index contributed by atoms with van der Waals surface area (Å²) in [5.41, 5.74) is 28.4. The highest BCUT2D eigenvalue weighted by molar-refractivity contribution is 6.12. The summed E-state index contributed by atoms with van der Waals surface area (Å²) in [5.74, 6) is 0. The van der Waals surface area contributed by atoms with E-state index in [1.807, 2.05) is 0 Å². The van der Waals surface area contributed by atoms with Crippen LogP contribution in [0.2, 0.25) is 0 Å². The molecule has 0 radical (unpaired) electrons. The quantitative estimate of drug-likeness (QED) is 0.121. The lowest BCUT2D eigenvalue weighted by Gasteiger charge is -2.29. The van der Waals surface area contributed by atoms with Crippen molar-refractivity contribution in [2.45, 2.75) is 19.3 Å². The van der Waals surface area contributed by atoms with Crippen LogP contribution in [0.25, 0.3) is 132 Å². The van der Waals surface area contributed by atoms with Gasteiger partial charge >= 0.3 is 0 Å². The largest absolute Gasteiger partial charge is 0.310 e. The summed E-state index contributed by atoms with van der Waals surface area (Å²) < 4.78 is 4.82. The van der Waals surface area contributed by atoms with E-state index in [9.17, 15) is 0 Å². The second-order valence-corrected chi connectivity index (χ2v) is 26.8. The monoisotopic (exact) mass is 1260 g/mol. The Bertz CT molecular complexity index is 6170. The van der Waals surface area contributed by atoms with Gasteiger partial charge in [0, 0.05) is 71.9 Å². The van der Waals surface area contributed by atoms with Crippen LogP contribution in [-0.2, 0) is 5.41 Å². The highest BCUT2D eigenvalue weighted by Gasteiger charge is 2.37. The minimum Gasteiger partial charge on any atom is -0.310 e. The van der Waals surface area contributed by atoms with Gasteiger partial charge in [0.2, 0.25) is 0 Å². The average molecular weight is 1260 g/mol. The molecule has 0 saturated carbocycles. The maximum Gasteiger partial charge on any atom is 0.0541 e. The van der Waals surface area contributed by atoms with Crippen LogP contribution < -0.4 is 9.80 Å². The summed E-state index contributed by atoms with van der Waals surface area (Å²) in [4.78, 5) is 4.81. The van der Waals surface area contributed by atoms with E-state index in [0.717, 1.165) is 39.7 Å². The molecule has 4 heteroatoms. The molecule has 0 atom stereocenters. The summed E-state index contributed by atoms with van der Waals surface area (Å²) in [6.07, 6.45) is 0. The number of aromatic nitrogens is 2. The fourth-order valence-corrected chi connectivity index (χ4v) is 16.0. The number of nitrogens with zero attached hydrogens (tertiary/aromatic N) is 4. The molecule has 0 unspecified atom stereocenters. The van der Waals surface area contributed by atoms with Gasteiger partial charge in [-0.1, -0.05) is 244 Å². The molecule has 99 heavy (non-hydrogen) atoms. The lowest BCUT2D eigenvalue weighted by Crippen LogP contribution is -2.16. The smallest absolute Gasteiger partial charge is 0.0541 e. The van der Waals surface area contributed by atoms with Crippen molar-refractivity contribution in [2.24, 2.45) is 0 Å². The van der Waals surface area contributed by atoms with Crippen molar-refractivity contribution >= 4 is 99.3 Å². The van der Waals surface area contributed by atoms with Crippen LogP contribution in [0.15, 0.2) is 364 Å². The van der Waals surface area contributed by atoms with Gasteiger partial charge in [-0.05, 0) is 211 Å². The van der Waals surface area contributed by atoms with Crippen LogP contribution >= 0.6 is 0 Å². The molecule has 0 fully saturated rings. The van der Waals surface area contributed by atoms with E-state index in [4.69, 9.17) is 0 Å². The van der Waals surface area contributed by atoms with Gasteiger partial charge in [0.15, 0.2) is 0 Å². The van der Waals surface area contributed by atoms with E-state index in [1.165, 1.54) is 138 Å². The van der Waals surface area contributed by atoms with Crippen molar-refractivity contribution in [2.75, 3.05) is 9.80 Å². The van der Waals surface area contributed by atoms with Crippen LogP contribution in [0.1, 0.15) is 25.0 Å². The lowest BCUT2D eigenvalue weighted by molar-refractivity contribution is 0.660. The number of hydrogen-bond donors (Lipinski definition) is 0. The second kappa shape index (κ2) is 23.3. The Balaban J connectivity index is 0.610. The molecule has 19 rings (SSSR count). The van der Waals surface area contributed by atoms with E-state index in [1.54, 1.807) is 0 Å². The van der Waals surface area contributed by atoms with Gasteiger partial charge in [-0.3, -0.25) is 0 Å². The SMILES string of the molecule is CC1(C)c2cc(-c3ccc4c(c3)c3ccccc3n4-c3cccc(-c4ccc5c(N(c6ccccc6)c6ccc(-c7ccc(-c8ccc9c(c8)c8ccccc8n9-c8ccccc8)cc7)cc6)cccc5c4)c3)ccc2-c2ccc(N(c3ccccc3)c3cccc4ccccc34)cc21. The third-order valence-electron chi connectivity index (χ3n) is 20.9. The zero-order valence-corrected chi connectivity index (χ0v) is 54.9. The summed E-state index contributed by atoms with van der Waals surface area (Å²) in [6, 6.07) is 134. The molecule has 0 amide bonds. The molecule has 1 aliphatic rings. The van der Waals surface area contributed by atoms with Crippen LogP contribution in [0.4, 0.5) is 34.1 Å². The van der Waals surface area contributed by atoms with Crippen molar-refractivity contribution in [3.63, 3.8) is 0 Å². The van der Waals surface area contributed by atoms with E-state index in [2.05, 4.69) is 397 Å². The van der Waals surface area contributed by atoms with Crippen molar-refractivity contribution in [3.8, 4) is 67.0 Å². The molecule has 2 heterocycles. The first-order valence-corrected chi connectivity index (χ1v) is 34.3. The minimum absolute atomic E-state index is 0.240. The maximum atomic E-state index is 2.46. The second-order valence-electron chi connectivity index (χ2n) is 26.8. The van der Waals surface area contributed by atoms with Crippen molar-refractivity contribution < 1.29 is 0 Å². The molecule has 1 aliphatic carbocycles. The molecule has 466 valence electrons. The molecule has 18 aromatic rings. The first kappa shape index (κ1) is 57.7. The Hall–Kier alpha value is -12.8. The molecule has 0 saturated heterocycles. The standard InChI is InChI=1S/C95H66N4/c1-95(2)87-61-71(46-53-81(87)82-54-51-78(62-88(82)95)97(74-27-8-4-9-28-74)89-37-19-22-66-21-12-13-32-79(66)89)70-48-56-94-86(60-70)84-34-15-17-36-92(84)99(94)77-31-18-23-67(58-77)68-45-52-80-72(57-68)24-20-38-90(80)96(73-25-6-3-7-26-73)76-49-43-64(44-50-76)63-39-41-65(42-40-63)69-47-55-93-85(59-69)83-33-14-16-35-91(83)98(93)75-29-10-5-11-30-75/h3-62H,1-2H3. The van der Waals surface area contributed by atoms with E-state index >= 15 is 0 Å². The van der Waals surface area contributed by atoms with Crippen molar-refractivity contribution in [1.29, 1.82) is 0 Å². The Morgan fingerprint density at radius 1 is 0.222 bits per heavy atom. The van der Waals surface area contributed by atoms with E-state index < -0.39 is 0 Å². The average Bonchev–Trinajstić information content (AvgIpc) is 1.57. The van der Waals surface area contributed by atoms with Crippen LogP contribution in [0, 0.1) is 0 Å². The number of para-hydroxylation sites is 5. The number of rotatable bonds is 12. The summed E-state index contributed by atoms with van der Waals surface area (Å²) in [6.45, 7) is 4.79. The fourth-order valence-electron chi connectivity index (χ4n) is 16.0. The fraction of sp³-hybridized carbons (Fsp3) is 0.0316. The zero-order chi connectivity index (χ0) is 65.7. The Labute approximate surface area is 576 Å². The van der Waals surface area contributed by atoms with Gasteiger partial charge in [-0.2, -0.15) is 0 Å². The first-order chi connectivity index (χ1) is 48.8. The molecular weight excluding hydrogens is 1200 g/mol. The van der Waals surface area contributed by atoms with Crippen molar-refractivity contribution in [3.05, 3.63) is 375 Å². The van der Waals surface area contributed by atoms with Crippen LogP contribution in [0.5, 0.6) is 0 Å². The van der Waals surface area contributed by atoms with Gasteiger partial charge in [0.25, 0.3) is 0 Å². The van der Waals surface area contributed by atoms with Gasteiger partial charge in [0.1, 0.15) is 0 Å². The van der Waals surface area contributed by atoms with Gasteiger partial charge < -0.3 is 18.9 Å².